The second-order valence-electron chi connectivity index (χ2n) is 11.3. The fraction of sp³-hybridized carbons (Fsp3) is 0.607. The van der Waals surface area contributed by atoms with E-state index in [2.05, 4.69) is 22.3 Å². The number of likely N-dealkylation sites (tertiary alicyclic amines) is 1. The van der Waals surface area contributed by atoms with Gasteiger partial charge in [-0.05, 0) is 56.2 Å². The van der Waals surface area contributed by atoms with Crippen LogP contribution in [0.5, 0.6) is 0 Å². The Kier molecular flexibility index (Phi) is 9.67. The lowest BCUT2D eigenvalue weighted by atomic mass is 9.83. The fourth-order valence-corrected chi connectivity index (χ4v) is 4.73. The lowest BCUT2D eigenvalue weighted by Crippen LogP contribution is -2.60. The summed E-state index contributed by atoms with van der Waals surface area (Å²) < 4.78 is 0. The topological polar surface area (TPSA) is 90.0 Å². The van der Waals surface area contributed by atoms with Crippen molar-refractivity contribution in [2.75, 3.05) is 20.6 Å². The van der Waals surface area contributed by atoms with E-state index in [1.165, 1.54) is 12.5 Å². The summed E-state index contributed by atoms with van der Waals surface area (Å²) in [6, 6.07) is 8.80. The largest absolute Gasteiger partial charge is 0.478 e. The van der Waals surface area contributed by atoms with Gasteiger partial charge in [-0.15, -0.1) is 0 Å². The number of carboxylic acids is 1. The molecule has 0 spiro atoms. The number of hydrogen-bond donors (Lipinski definition) is 2. The fourth-order valence-electron chi connectivity index (χ4n) is 4.73. The number of carboxylic acid groups (broad SMARTS) is 1. The third kappa shape index (κ3) is 7.40. The van der Waals surface area contributed by atoms with E-state index in [-0.39, 0.29) is 29.3 Å². The Bertz CT molecular complexity index is 920. The highest BCUT2D eigenvalue weighted by Crippen LogP contribution is 2.31. The molecule has 1 saturated heterocycles. The maximum Gasteiger partial charge on any atom is 0.331 e. The molecule has 0 aliphatic carbocycles. The minimum absolute atomic E-state index is 0.00526. The minimum atomic E-state index is -1.01. The van der Waals surface area contributed by atoms with Crippen molar-refractivity contribution in [2.24, 2.45) is 11.3 Å². The van der Waals surface area contributed by atoms with Crippen molar-refractivity contribution < 1.29 is 19.5 Å². The zero-order valence-electron chi connectivity index (χ0n) is 22.5. The molecule has 7 heteroatoms. The Labute approximate surface area is 210 Å². The van der Waals surface area contributed by atoms with Crippen LogP contribution in [0.3, 0.4) is 0 Å². The van der Waals surface area contributed by atoms with Crippen molar-refractivity contribution in [3.05, 3.63) is 47.5 Å². The van der Waals surface area contributed by atoms with Gasteiger partial charge in [-0.1, -0.05) is 71.0 Å². The molecular formula is C28H43N3O4. The van der Waals surface area contributed by atoms with Crippen LogP contribution in [0.15, 0.2) is 42.0 Å². The van der Waals surface area contributed by atoms with E-state index in [0.717, 1.165) is 13.0 Å². The van der Waals surface area contributed by atoms with Crippen LogP contribution in [0.1, 0.15) is 65.9 Å². The zero-order valence-corrected chi connectivity index (χ0v) is 22.5. The van der Waals surface area contributed by atoms with Crippen molar-refractivity contribution in [1.29, 1.82) is 0 Å². The molecule has 0 aromatic heterocycles. The van der Waals surface area contributed by atoms with Gasteiger partial charge in [-0.2, -0.15) is 0 Å². The number of nitrogens with one attached hydrogen (secondary N) is 1. The van der Waals surface area contributed by atoms with Gasteiger partial charge >= 0.3 is 5.97 Å². The van der Waals surface area contributed by atoms with Gasteiger partial charge in [-0.3, -0.25) is 14.5 Å². The summed E-state index contributed by atoms with van der Waals surface area (Å²) in [7, 11) is 3.64. The Morgan fingerprint density at radius 1 is 1.17 bits per heavy atom. The average molecular weight is 486 g/mol. The number of hydrogen-bond acceptors (Lipinski definition) is 4. The molecule has 7 nitrogen and oxygen atoms in total. The molecule has 194 valence electrons. The number of nitrogens with zero attached hydrogens (tertiary/aromatic N) is 2. The smallest absolute Gasteiger partial charge is 0.331 e. The molecule has 35 heavy (non-hydrogen) atoms. The van der Waals surface area contributed by atoms with E-state index in [4.69, 9.17) is 0 Å². The molecule has 1 aliphatic rings. The highest BCUT2D eigenvalue weighted by atomic mass is 16.4. The molecule has 2 N–H and O–H groups in total. The van der Waals surface area contributed by atoms with Crippen molar-refractivity contribution in [1.82, 2.24) is 15.1 Å². The first-order valence-electron chi connectivity index (χ1n) is 12.5. The van der Waals surface area contributed by atoms with E-state index >= 15 is 0 Å². The lowest BCUT2D eigenvalue weighted by Gasteiger charge is -2.40. The number of aliphatic carboxylic acids is 1. The van der Waals surface area contributed by atoms with Crippen LogP contribution >= 0.6 is 0 Å². The number of piperidine rings is 1. The monoisotopic (exact) mass is 485 g/mol. The van der Waals surface area contributed by atoms with Gasteiger partial charge in [0.15, 0.2) is 0 Å². The second kappa shape index (κ2) is 11.8. The number of amides is 2. The van der Waals surface area contributed by atoms with E-state index in [9.17, 15) is 19.5 Å². The summed E-state index contributed by atoms with van der Waals surface area (Å²) in [5.74, 6) is -1.08. The van der Waals surface area contributed by atoms with Gasteiger partial charge in [0.25, 0.3) is 0 Å². The summed E-state index contributed by atoms with van der Waals surface area (Å²) in [4.78, 5) is 42.3. The molecule has 0 radical (unpaired) electrons. The van der Waals surface area contributed by atoms with E-state index < -0.39 is 23.5 Å². The Hall–Kier alpha value is -2.67. The quantitative estimate of drug-likeness (QED) is 0.545. The first-order valence-corrected chi connectivity index (χ1v) is 12.5. The number of carbonyl (C=O) groups excluding carboxylic acids is 2. The van der Waals surface area contributed by atoms with Gasteiger partial charge < -0.3 is 15.3 Å². The summed E-state index contributed by atoms with van der Waals surface area (Å²) in [5, 5.41) is 12.4. The number of carbonyl (C=O) groups is 3. The number of benzene rings is 1. The summed E-state index contributed by atoms with van der Waals surface area (Å²) in [5.41, 5.74) is 0.901. The van der Waals surface area contributed by atoms with E-state index in [0.29, 0.717) is 12.3 Å². The highest BCUT2D eigenvalue weighted by Gasteiger charge is 2.40. The molecule has 1 fully saturated rings. The molecule has 1 unspecified atom stereocenters. The van der Waals surface area contributed by atoms with Crippen molar-refractivity contribution in [3.8, 4) is 0 Å². The molecule has 0 saturated carbocycles. The molecule has 2 amide bonds. The van der Waals surface area contributed by atoms with Crippen LogP contribution in [0, 0.1) is 11.3 Å². The maximum absolute atomic E-state index is 13.7. The minimum Gasteiger partial charge on any atom is -0.478 e. The number of rotatable bonds is 8. The van der Waals surface area contributed by atoms with Crippen molar-refractivity contribution in [2.45, 2.75) is 78.4 Å². The Balaban J connectivity index is 2.25. The van der Waals surface area contributed by atoms with Crippen molar-refractivity contribution >= 4 is 17.8 Å². The highest BCUT2D eigenvalue weighted by molar-refractivity contribution is 5.91. The SMILES string of the molecule is CC(=C[C@H](C(C)C)N(C)C(=O)C(NC(=O)[C@@H]1C[C@H](c2ccccc2)CCN1C)C(C)(C)C)C(=O)O. The van der Waals surface area contributed by atoms with Crippen molar-refractivity contribution in [3.63, 3.8) is 0 Å². The number of likely N-dealkylation sites (N-methyl/N-ethyl adjacent to an activating group) is 2. The molecular weight excluding hydrogens is 442 g/mol. The van der Waals surface area contributed by atoms with Gasteiger partial charge in [-0.25, -0.2) is 4.79 Å². The molecule has 1 aromatic rings. The average Bonchev–Trinajstić information content (AvgIpc) is 2.79. The molecule has 1 aromatic carbocycles. The van der Waals surface area contributed by atoms with Crippen LogP contribution in [0.2, 0.25) is 0 Å². The summed E-state index contributed by atoms with van der Waals surface area (Å²) >= 11 is 0. The predicted octanol–water partition coefficient (Wildman–Crippen LogP) is 3.91. The molecule has 4 atom stereocenters. The molecule has 2 rings (SSSR count). The van der Waals surface area contributed by atoms with Gasteiger partial charge in [0.05, 0.1) is 12.1 Å². The van der Waals surface area contributed by atoms with Crippen LogP contribution in [0.4, 0.5) is 0 Å². The first-order chi connectivity index (χ1) is 16.2. The zero-order chi connectivity index (χ0) is 26.5. The molecule has 1 heterocycles. The van der Waals surface area contributed by atoms with Crippen LogP contribution in [0.25, 0.3) is 0 Å². The first kappa shape index (κ1) is 28.6. The Morgan fingerprint density at radius 3 is 2.29 bits per heavy atom. The maximum atomic E-state index is 13.7. The van der Waals surface area contributed by atoms with E-state index in [1.807, 2.05) is 59.9 Å². The van der Waals surface area contributed by atoms with Crippen LogP contribution < -0.4 is 5.32 Å². The second-order valence-corrected chi connectivity index (χ2v) is 11.3. The third-order valence-electron chi connectivity index (χ3n) is 7.08. The third-order valence-corrected chi connectivity index (χ3v) is 7.08. The Morgan fingerprint density at radius 2 is 1.77 bits per heavy atom. The molecule has 0 bridgehead atoms. The van der Waals surface area contributed by atoms with Gasteiger partial charge in [0.1, 0.15) is 6.04 Å². The van der Waals surface area contributed by atoms with E-state index in [1.54, 1.807) is 18.0 Å². The summed E-state index contributed by atoms with van der Waals surface area (Å²) in [6.45, 7) is 12.0. The normalized spacial score (nSPS) is 21.3. The lowest BCUT2D eigenvalue weighted by molar-refractivity contribution is -0.141. The standard InChI is InChI=1S/C28H43N3O4/c1-18(2)22(16-19(3)27(34)35)31(8)26(33)24(28(4,5)6)29-25(32)23-17-21(14-15-30(23)7)20-12-10-9-11-13-20/h9-13,16,18,21-24H,14-15,17H2,1-8H3,(H,29,32)(H,34,35)/t21-,22-,23+,24?/m1/s1. The summed E-state index contributed by atoms with van der Waals surface area (Å²) in [6.07, 6.45) is 3.30. The molecule has 1 aliphatic heterocycles. The predicted molar refractivity (Wildman–Crippen MR) is 139 cm³/mol. The van der Waals surface area contributed by atoms with Gasteiger partial charge in [0.2, 0.25) is 11.8 Å². The van der Waals surface area contributed by atoms with Crippen LogP contribution in [-0.2, 0) is 14.4 Å². The van der Waals surface area contributed by atoms with Gasteiger partial charge in [0, 0.05) is 12.6 Å². The van der Waals surface area contributed by atoms with Crippen LogP contribution in [-0.4, -0.2) is 71.5 Å².